The molecular weight excluding hydrogens is 273 g/mol. The zero-order chi connectivity index (χ0) is 14.7. The molecule has 0 heterocycles. The van der Waals surface area contributed by atoms with E-state index in [0.29, 0.717) is 35.0 Å². The third-order valence-corrected chi connectivity index (χ3v) is 4.82. The first-order valence-electron chi connectivity index (χ1n) is 7.64. The Hall–Kier alpha value is -0.600. The van der Waals surface area contributed by atoms with Crippen LogP contribution in [0.1, 0.15) is 45.6 Å². The van der Waals surface area contributed by atoms with E-state index < -0.39 is 0 Å². The van der Waals surface area contributed by atoms with Gasteiger partial charge in [0.2, 0.25) is 0 Å². The summed E-state index contributed by atoms with van der Waals surface area (Å²) in [6.45, 7) is 7.45. The van der Waals surface area contributed by atoms with Crippen molar-refractivity contribution in [1.29, 1.82) is 0 Å². The second-order valence-corrected chi connectivity index (χ2v) is 6.99. The molecule has 0 amide bonds. The number of nitrogens with one attached hydrogen (secondary N) is 1. The maximum atomic E-state index is 13.8. The largest absolute Gasteiger partial charge is 0.310 e. The first kappa shape index (κ1) is 15.8. The Labute approximate surface area is 126 Å². The van der Waals surface area contributed by atoms with Crippen LogP contribution in [0.3, 0.4) is 0 Å². The van der Waals surface area contributed by atoms with Gasteiger partial charge >= 0.3 is 0 Å². The fourth-order valence-corrected chi connectivity index (χ4v) is 3.55. The van der Waals surface area contributed by atoms with Gasteiger partial charge in [0, 0.05) is 23.2 Å². The molecule has 1 fully saturated rings. The van der Waals surface area contributed by atoms with Crippen molar-refractivity contribution in [1.82, 2.24) is 5.32 Å². The molecule has 1 nitrogen and oxygen atoms in total. The Morgan fingerprint density at radius 1 is 1.35 bits per heavy atom. The number of halogens is 2. The lowest BCUT2D eigenvalue weighted by Crippen LogP contribution is -2.42. The summed E-state index contributed by atoms with van der Waals surface area (Å²) in [6, 6.07) is 5.25. The van der Waals surface area contributed by atoms with Gasteiger partial charge in [-0.25, -0.2) is 4.39 Å². The van der Waals surface area contributed by atoms with E-state index in [0.717, 1.165) is 5.92 Å². The van der Waals surface area contributed by atoms with Crippen LogP contribution < -0.4 is 5.32 Å². The highest BCUT2D eigenvalue weighted by atomic mass is 35.5. The van der Waals surface area contributed by atoms with Crippen molar-refractivity contribution < 1.29 is 4.39 Å². The zero-order valence-corrected chi connectivity index (χ0v) is 13.4. The summed E-state index contributed by atoms with van der Waals surface area (Å²) in [5.74, 6) is 1.94. The lowest BCUT2D eigenvalue weighted by Gasteiger charge is -2.38. The maximum Gasteiger partial charge on any atom is 0.127 e. The molecule has 1 aliphatic carbocycles. The molecule has 1 aromatic carbocycles. The van der Waals surface area contributed by atoms with Crippen LogP contribution in [0, 0.1) is 23.6 Å². The molecule has 0 radical (unpaired) electrons. The molecule has 0 aliphatic heterocycles. The van der Waals surface area contributed by atoms with E-state index in [9.17, 15) is 4.39 Å². The Balaban J connectivity index is 2.01. The number of hydrogen-bond donors (Lipinski definition) is 1. The third kappa shape index (κ3) is 3.95. The molecule has 1 N–H and O–H groups in total. The maximum absolute atomic E-state index is 13.8. The Morgan fingerprint density at radius 3 is 2.80 bits per heavy atom. The monoisotopic (exact) mass is 297 g/mol. The minimum atomic E-state index is -0.174. The van der Waals surface area contributed by atoms with Crippen molar-refractivity contribution in [3.05, 3.63) is 34.6 Å². The smallest absolute Gasteiger partial charge is 0.127 e. The fraction of sp³-hybridized carbons (Fsp3) is 0.647. The van der Waals surface area contributed by atoms with E-state index in [1.807, 2.05) is 0 Å². The van der Waals surface area contributed by atoms with Crippen molar-refractivity contribution in [3.8, 4) is 0 Å². The first-order chi connectivity index (χ1) is 9.47. The van der Waals surface area contributed by atoms with E-state index in [-0.39, 0.29) is 5.82 Å². The highest BCUT2D eigenvalue weighted by molar-refractivity contribution is 6.30. The van der Waals surface area contributed by atoms with Gasteiger partial charge in [-0.1, -0.05) is 38.8 Å². The second kappa shape index (κ2) is 6.91. The number of rotatable bonds is 4. The molecule has 3 unspecified atom stereocenters. The van der Waals surface area contributed by atoms with Crippen molar-refractivity contribution in [2.24, 2.45) is 17.8 Å². The predicted octanol–water partition coefficient (Wildman–Crippen LogP) is 5.03. The Bertz CT molecular complexity index is 447. The quantitative estimate of drug-likeness (QED) is 0.822. The molecular formula is C17H25ClFN. The van der Waals surface area contributed by atoms with Crippen LogP contribution in [0.25, 0.3) is 0 Å². The van der Waals surface area contributed by atoms with Crippen molar-refractivity contribution >= 4 is 11.6 Å². The summed E-state index contributed by atoms with van der Waals surface area (Å²) in [6.07, 6.45) is 3.77. The Kier molecular flexibility index (Phi) is 5.45. The number of hydrogen-bond acceptors (Lipinski definition) is 1. The summed E-state index contributed by atoms with van der Waals surface area (Å²) in [7, 11) is 0. The summed E-state index contributed by atoms with van der Waals surface area (Å²) >= 11 is 5.95. The SMILES string of the molecule is CC1CCC(C(C)C)C(NCc2cc(Cl)ccc2F)C1. The molecule has 0 saturated heterocycles. The summed E-state index contributed by atoms with van der Waals surface area (Å²) in [5, 5.41) is 4.17. The first-order valence-corrected chi connectivity index (χ1v) is 8.02. The highest BCUT2D eigenvalue weighted by Gasteiger charge is 2.30. The number of benzene rings is 1. The lowest BCUT2D eigenvalue weighted by atomic mass is 9.74. The zero-order valence-electron chi connectivity index (χ0n) is 12.6. The molecule has 1 aliphatic rings. The standard InChI is InChI=1S/C17H25ClFN/c1-11(2)15-6-4-12(3)8-17(15)20-10-13-9-14(18)5-7-16(13)19/h5,7,9,11-12,15,17,20H,4,6,8,10H2,1-3H3. The molecule has 3 heteroatoms. The van der Waals surface area contributed by atoms with Gasteiger partial charge in [-0.05, 0) is 48.8 Å². The van der Waals surface area contributed by atoms with Crippen molar-refractivity contribution in [3.63, 3.8) is 0 Å². The van der Waals surface area contributed by atoms with E-state index in [1.165, 1.54) is 25.3 Å². The van der Waals surface area contributed by atoms with Gasteiger partial charge in [0.25, 0.3) is 0 Å². The average Bonchev–Trinajstić information content (AvgIpc) is 2.39. The van der Waals surface area contributed by atoms with Crippen molar-refractivity contribution in [2.45, 2.75) is 52.6 Å². The van der Waals surface area contributed by atoms with Gasteiger partial charge in [0.05, 0.1) is 0 Å². The third-order valence-electron chi connectivity index (χ3n) is 4.58. The molecule has 0 spiro atoms. The van der Waals surface area contributed by atoms with Crippen LogP contribution in [-0.2, 0) is 6.54 Å². The molecule has 0 bridgehead atoms. The van der Waals surface area contributed by atoms with Crippen molar-refractivity contribution in [2.75, 3.05) is 0 Å². The van der Waals surface area contributed by atoms with E-state index in [2.05, 4.69) is 26.1 Å². The van der Waals surface area contributed by atoms with Crippen LogP contribution in [0.4, 0.5) is 4.39 Å². The van der Waals surface area contributed by atoms with E-state index >= 15 is 0 Å². The Morgan fingerprint density at radius 2 is 2.10 bits per heavy atom. The van der Waals surface area contributed by atoms with Crippen LogP contribution in [0.15, 0.2) is 18.2 Å². The normalized spacial score (nSPS) is 27.0. The molecule has 0 aromatic heterocycles. The average molecular weight is 298 g/mol. The summed E-state index contributed by atoms with van der Waals surface area (Å²) in [5.41, 5.74) is 0.665. The van der Waals surface area contributed by atoms with Crippen LogP contribution in [-0.4, -0.2) is 6.04 Å². The lowest BCUT2D eigenvalue weighted by molar-refractivity contribution is 0.169. The minimum absolute atomic E-state index is 0.174. The minimum Gasteiger partial charge on any atom is -0.310 e. The van der Waals surface area contributed by atoms with Crippen LogP contribution in [0.5, 0.6) is 0 Å². The van der Waals surface area contributed by atoms with Gasteiger partial charge in [-0.2, -0.15) is 0 Å². The molecule has 1 aromatic rings. The fourth-order valence-electron chi connectivity index (χ4n) is 3.36. The van der Waals surface area contributed by atoms with Gasteiger partial charge < -0.3 is 5.32 Å². The van der Waals surface area contributed by atoms with Gasteiger partial charge in [-0.15, -0.1) is 0 Å². The predicted molar refractivity (Wildman–Crippen MR) is 83.4 cm³/mol. The van der Waals surface area contributed by atoms with Gasteiger partial charge in [0.15, 0.2) is 0 Å². The molecule has 3 atom stereocenters. The summed E-state index contributed by atoms with van der Waals surface area (Å²) < 4.78 is 13.8. The highest BCUT2D eigenvalue weighted by Crippen LogP contribution is 2.33. The molecule has 1 saturated carbocycles. The molecule has 112 valence electrons. The van der Waals surface area contributed by atoms with Crippen LogP contribution >= 0.6 is 11.6 Å². The second-order valence-electron chi connectivity index (χ2n) is 6.55. The van der Waals surface area contributed by atoms with Gasteiger partial charge in [0.1, 0.15) is 5.82 Å². The molecule has 2 rings (SSSR count). The van der Waals surface area contributed by atoms with Gasteiger partial charge in [-0.3, -0.25) is 0 Å². The topological polar surface area (TPSA) is 12.0 Å². The van der Waals surface area contributed by atoms with Crippen LogP contribution in [0.2, 0.25) is 5.02 Å². The molecule has 20 heavy (non-hydrogen) atoms. The van der Waals surface area contributed by atoms with E-state index in [4.69, 9.17) is 11.6 Å². The summed E-state index contributed by atoms with van der Waals surface area (Å²) in [4.78, 5) is 0. The van der Waals surface area contributed by atoms with E-state index in [1.54, 1.807) is 12.1 Å².